The van der Waals surface area contributed by atoms with Crippen LogP contribution in [0.2, 0.25) is 0 Å². The van der Waals surface area contributed by atoms with E-state index in [1.54, 1.807) is 24.3 Å². The highest BCUT2D eigenvalue weighted by Gasteiger charge is 2.34. The van der Waals surface area contributed by atoms with E-state index in [0.717, 1.165) is 15.8 Å². The minimum Gasteiger partial charge on any atom is -0.351 e. The average Bonchev–Trinajstić information content (AvgIpc) is 2.59. The van der Waals surface area contributed by atoms with Crippen LogP contribution < -0.4 is 10.2 Å². The van der Waals surface area contributed by atoms with Gasteiger partial charge in [0.05, 0.1) is 31.1 Å². The molecule has 0 aliphatic carbocycles. The first-order valence-electron chi connectivity index (χ1n) is 8.24. The number of hydrogen-bond donors (Lipinski definition) is 2. The maximum atomic E-state index is 12.7. The summed E-state index contributed by atoms with van der Waals surface area (Å²) in [6.07, 6.45) is 0.910. The molecule has 0 saturated carbocycles. The van der Waals surface area contributed by atoms with Gasteiger partial charge < -0.3 is 10.2 Å². The Labute approximate surface area is 152 Å². The summed E-state index contributed by atoms with van der Waals surface area (Å²) in [6, 6.07) is 6.52. The van der Waals surface area contributed by atoms with Crippen LogP contribution in [0.25, 0.3) is 0 Å². The van der Waals surface area contributed by atoms with E-state index in [-0.39, 0.29) is 11.9 Å². The number of nitrogens with zero attached hydrogens (tertiary/aromatic N) is 1. The zero-order valence-electron chi connectivity index (χ0n) is 14.1. The van der Waals surface area contributed by atoms with E-state index in [1.165, 1.54) is 4.31 Å². The molecule has 0 bridgehead atoms. The number of quaternary nitrogens is 1. The number of benzene rings is 1. The normalized spacial score (nSPS) is 18.3. The summed E-state index contributed by atoms with van der Waals surface area (Å²) in [6.45, 7) is 6.73. The SMILES string of the molecule is CCCNC(=O)[C@@H](C)[NH+]1CCN(S(=O)(=O)c2ccc(Br)cc2)CC1. The number of carbonyl (C=O) groups excluding carboxylic acids is 1. The van der Waals surface area contributed by atoms with Crippen molar-refractivity contribution < 1.29 is 18.1 Å². The third-order valence-corrected chi connectivity index (χ3v) is 6.81. The Morgan fingerprint density at radius 1 is 1.29 bits per heavy atom. The summed E-state index contributed by atoms with van der Waals surface area (Å²) in [7, 11) is -3.46. The van der Waals surface area contributed by atoms with Crippen LogP contribution in [-0.4, -0.2) is 57.4 Å². The van der Waals surface area contributed by atoms with Crippen LogP contribution in [0.4, 0.5) is 0 Å². The van der Waals surface area contributed by atoms with Crippen LogP contribution in [0.3, 0.4) is 0 Å². The second-order valence-corrected chi connectivity index (χ2v) is 8.88. The number of amides is 1. The molecule has 0 spiro atoms. The second-order valence-electron chi connectivity index (χ2n) is 6.03. The Morgan fingerprint density at radius 3 is 2.42 bits per heavy atom. The third-order valence-electron chi connectivity index (χ3n) is 4.37. The largest absolute Gasteiger partial charge is 0.351 e. The molecule has 1 fully saturated rings. The van der Waals surface area contributed by atoms with E-state index in [1.807, 2.05) is 13.8 Å². The summed E-state index contributed by atoms with van der Waals surface area (Å²) >= 11 is 3.31. The van der Waals surface area contributed by atoms with E-state index in [4.69, 9.17) is 0 Å². The first-order valence-corrected chi connectivity index (χ1v) is 10.5. The second kappa shape index (κ2) is 8.42. The molecule has 1 saturated heterocycles. The van der Waals surface area contributed by atoms with Crippen molar-refractivity contribution >= 4 is 31.9 Å². The Balaban J connectivity index is 1.96. The number of rotatable bonds is 6. The number of hydrogen-bond acceptors (Lipinski definition) is 3. The van der Waals surface area contributed by atoms with Gasteiger partial charge in [0.25, 0.3) is 5.91 Å². The standard InChI is InChI=1S/C16H24BrN3O3S/c1-3-8-18-16(21)13(2)19-9-11-20(12-10-19)24(22,23)15-6-4-14(17)5-7-15/h4-7,13H,3,8-12H2,1-2H3,(H,18,21)/p+1/t13-/m1/s1. The minimum absolute atomic E-state index is 0.0380. The Bertz CT molecular complexity index is 656. The zero-order chi connectivity index (χ0) is 17.7. The summed E-state index contributed by atoms with van der Waals surface area (Å²) in [5, 5.41) is 2.91. The van der Waals surface area contributed by atoms with Crippen molar-refractivity contribution in [3.05, 3.63) is 28.7 Å². The molecular formula is C16H25BrN3O3S+. The fourth-order valence-corrected chi connectivity index (χ4v) is 4.49. The van der Waals surface area contributed by atoms with Gasteiger partial charge in [-0.1, -0.05) is 22.9 Å². The predicted octanol–water partition coefficient (Wildman–Crippen LogP) is 0.253. The fraction of sp³-hybridized carbons (Fsp3) is 0.562. The van der Waals surface area contributed by atoms with E-state index in [0.29, 0.717) is 37.6 Å². The first-order chi connectivity index (χ1) is 11.4. The lowest BCUT2D eigenvalue weighted by atomic mass is 10.2. The number of piperazine rings is 1. The average molecular weight is 419 g/mol. The Hall–Kier alpha value is -0.960. The highest BCUT2D eigenvalue weighted by Crippen LogP contribution is 2.18. The molecular weight excluding hydrogens is 394 g/mol. The van der Waals surface area contributed by atoms with Crippen LogP contribution in [0.5, 0.6) is 0 Å². The molecule has 1 aromatic carbocycles. The Morgan fingerprint density at radius 2 is 1.88 bits per heavy atom. The van der Waals surface area contributed by atoms with Crippen molar-refractivity contribution in [2.75, 3.05) is 32.7 Å². The summed E-state index contributed by atoms with van der Waals surface area (Å²) in [4.78, 5) is 13.5. The maximum absolute atomic E-state index is 12.7. The van der Waals surface area contributed by atoms with Gasteiger partial charge in [-0.2, -0.15) is 4.31 Å². The molecule has 8 heteroatoms. The molecule has 134 valence electrons. The molecule has 0 unspecified atom stereocenters. The highest BCUT2D eigenvalue weighted by atomic mass is 79.9. The van der Waals surface area contributed by atoms with Crippen molar-refractivity contribution in [1.82, 2.24) is 9.62 Å². The lowest BCUT2D eigenvalue weighted by Gasteiger charge is -2.34. The number of sulfonamides is 1. The fourth-order valence-electron chi connectivity index (χ4n) is 2.79. The smallest absolute Gasteiger partial charge is 0.278 e. The monoisotopic (exact) mass is 418 g/mol. The van der Waals surface area contributed by atoms with E-state index >= 15 is 0 Å². The van der Waals surface area contributed by atoms with Gasteiger partial charge in [0.2, 0.25) is 10.0 Å². The molecule has 2 N–H and O–H groups in total. The van der Waals surface area contributed by atoms with Gasteiger partial charge in [-0.05, 0) is 37.6 Å². The maximum Gasteiger partial charge on any atom is 0.278 e. The van der Waals surface area contributed by atoms with Gasteiger partial charge in [-0.25, -0.2) is 8.42 Å². The summed E-state index contributed by atoms with van der Waals surface area (Å²) in [5.41, 5.74) is 0. The van der Waals surface area contributed by atoms with Crippen LogP contribution >= 0.6 is 15.9 Å². The number of carbonyl (C=O) groups is 1. The van der Waals surface area contributed by atoms with Gasteiger partial charge in [0.1, 0.15) is 0 Å². The van der Waals surface area contributed by atoms with Crippen molar-refractivity contribution in [3.63, 3.8) is 0 Å². The molecule has 0 aromatic heterocycles. The lowest BCUT2D eigenvalue weighted by molar-refractivity contribution is -0.917. The van der Waals surface area contributed by atoms with Gasteiger partial charge >= 0.3 is 0 Å². The van der Waals surface area contributed by atoms with Gasteiger partial charge in [0.15, 0.2) is 6.04 Å². The molecule has 1 aliphatic rings. The molecule has 2 rings (SSSR count). The molecule has 1 atom stereocenters. The van der Waals surface area contributed by atoms with Crippen LogP contribution in [0.15, 0.2) is 33.6 Å². The van der Waals surface area contributed by atoms with Gasteiger partial charge in [-0.3, -0.25) is 4.79 Å². The molecule has 1 aliphatic heterocycles. The van der Waals surface area contributed by atoms with Crippen LogP contribution in [0, 0.1) is 0 Å². The van der Waals surface area contributed by atoms with E-state index in [2.05, 4.69) is 21.2 Å². The van der Waals surface area contributed by atoms with Crippen LogP contribution in [-0.2, 0) is 14.8 Å². The summed E-state index contributed by atoms with van der Waals surface area (Å²) in [5.74, 6) is 0.0380. The molecule has 24 heavy (non-hydrogen) atoms. The molecule has 0 radical (unpaired) electrons. The topological polar surface area (TPSA) is 70.9 Å². The third kappa shape index (κ3) is 4.56. The number of halogens is 1. The van der Waals surface area contributed by atoms with Crippen molar-refractivity contribution in [2.45, 2.75) is 31.2 Å². The molecule has 6 nitrogen and oxygen atoms in total. The molecule has 1 amide bonds. The first kappa shape index (κ1) is 19.4. The van der Waals surface area contributed by atoms with E-state index < -0.39 is 10.0 Å². The zero-order valence-corrected chi connectivity index (χ0v) is 16.5. The summed E-state index contributed by atoms with van der Waals surface area (Å²) < 4.78 is 27.7. The van der Waals surface area contributed by atoms with Gasteiger partial charge in [0, 0.05) is 11.0 Å². The predicted molar refractivity (Wildman–Crippen MR) is 96.4 cm³/mol. The highest BCUT2D eigenvalue weighted by molar-refractivity contribution is 9.10. The van der Waals surface area contributed by atoms with Crippen molar-refractivity contribution in [1.29, 1.82) is 0 Å². The quantitative estimate of drug-likeness (QED) is 0.695. The lowest BCUT2D eigenvalue weighted by Crippen LogP contribution is -3.19. The number of nitrogens with one attached hydrogen (secondary N) is 2. The molecule has 1 heterocycles. The minimum atomic E-state index is -3.46. The van der Waals surface area contributed by atoms with Crippen molar-refractivity contribution in [2.24, 2.45) is 0 Å². The van der Waals surface area contributed by atoms with Gasteiger partial charge in [-0.15, -0.1) is 0 Å². The van der Waals surface area contributed by atoms with Crippen LogP contribution in [0.1, 0.15) is 20.3 Å². The molecule has 1 aromatic rings. The van der Waals surface area contributed by atoms with Crippen molar-refractivity contribution in [3.8, 4) is 0 Å². The van der Waals surface area contributed by atoms with E-state index in [9.17, 15) is 13.2 Å². The Kier molecular flexibility index (Phi) is 6.79.